The Bertz CT molecular complexity index is 591. The molecular weight excluding hydrogens is 377 g/mol. The Balaban J connectivity index is 0.00000220. The second-order valence-electron chi connectivity index (χ2n) is 4.64. The van der Waals surface area contributed by atoms with E-state index in [1.807, 2.05) is 29.9 Å². The highest BCUT2D eigenvalue weighted by molar-refractivity contribution is 14.0. The lowest BCUT2D eigenvalue weighted by Gasteiger charge is -2.07. The maximum atomic E-state index is 5.89. The van der Waals surface area contributed by atoms with E-state index in [0.717, 1.165) is 24.2 Å². The Morgan fingerprint density at radius 3 is 2.86 bits per heavy atom. The summed E-state index contributed by atoms with van der Waals surface area (Å²) >= 11 is 0. The summed E-state index contributed by atoms with van der Waals surface area (Å²) in [6, 6.07) is 10.2. The summed E-state index contributed by atoms with van der Waals surface area (Å²) in [7, 11) is 1.93. The van der Waals surface area contributed by atoms with Crippen molar-refractivity contribution in [2.45, 2.75) is 19.8 Å². The van der Waals surface area contributed by atoms with Crippen LogP contribution in [0.5, 0.6) is 0 Å². The van der Waals surface area contributed by atoms with Crippen molar-refractivity contribution in [1.29, 1.82) is 0 Å². The van der Waals surface area contributed by atoms with Crippen LogP contribution in [0.15, 0.2) is 41.5 Å². The summed E-state index contributed by atoms with van der Waals surface area (Å²) in [5.74, 6) is 0.445. The van der Waals surface area contributed by atoms with Crippen molar-refractivity contribution in [2.75, 3.05) is 11.9 Å². The molecule has 0 amide bonds. The molecule has 0 spiro atoms. The number of hydrogen-bond acceptors (Lipinski definition) is 2. The number of anilines is 1. The van der Waals surface area contributed by atoms with Gasteiger partial charge in [-0.2, -0.15) is 5.10 Å². The Labute approximate surface area is 142 Å². The van der Waals surface area contributed by atoms with E-state index >= 15 is 0 Å². The number of aromatic nitrogens is 2. The van der Waals surface area contributed by atoms with Crippen molar-refractivity contribution in [3.05, 3.63) is 47.8 Å². The predicted molar refractivity (Wildman–Crippen MR) is 98.3 cm³/mol. The summed E-state index contributed by atoms with van der Waals surface area (Å²) in [4.78, 5) is 4.33. The molecule has 0 unspecified atom stereocenters. The van der Waals surface area contributed by atoms with Gasteiger partial charge in [0.05, 0.1) is 0 Å². The standard InChI is InChI=1S/C15H21N5.HI/c1-3-12-5-4-6-13(11-12)19-15(16)17-9-7-14-8-10-18-20(14)2;/h4-6,8,10-11H,3,7,9H2,1-2H3,(H3,16,17,19);1H. The average molecular weight is 399 g/mol. The Hall–Kier alpha value is -1.57. The van der Waals surface area contributed by atoms with Crippen LogP contribution in [0.2, 0.25) is 0 Å². The fraction of sp³-hybridized carbons (Fsp3) is 0.333. The zero-order valence-electron chi connectivity index (χ0n) is 12.4. The van der Waals surface area contributed by atoms with Crippen LogP contribution >= 0.6 is 24.0 Å². The number of hydrogen-bond donors (Lipinski definition) is 2. The topological polar surface area (TPSA) is 68.2 Å². The molecule has 1 heterocycles. The van der Waals surface area contributed by atoms with Gasteiger partial charge in [0.2, 0.25) is 0 Å². The lowest BCUT2D eigenvalue weighted by Crippen LogP contribution is -2.23. The third-order valence-corrected chi connectivity index (χ3v) is 3.18. The fourth-order valence-corrected chi connectivity index (χ4v) is 1.99. The predicted octanol–water partition coefficient (Wildman–Crippen LogP) is 2.57. The molecule has 114 valence electrons. The largest absolute Gasteiger partial charge is 0.370 e. The van der Waals surface area contributed by atoms with Gasteiger partial charge in [-0.1, -0.05) is 19.1 Å². The first-order valence-electron chi connectivity index (χ1n) is 6.82. The number of aryl methyl sites for hydroxylation is 2. The van der Waals surface area contributed by atoms with Gasteiger partial charge in [-0.25, -0.2) is 0 Å². The maximum Gasteiger partial charge on any atom is 0.193 e. The van der Waals surface area contributed by atoms with Crippen LogP contribution in [-0.2, 0) is 19.9 Å². The lowest BCUT2D eigenvalue weighted by molar-refractivity contribution is 0.706. The Morgan fingerprint density at radius 2 is 2.19 bits per heavy atom. The molecule has 6 heteroatoms. The molecule has 1 aromatic heterocycles. The minimum atomic E-state index is 0. The number of rotatable bonds is 5. The molecule has 2 aromatic rings. The van der Waals surface area contributed by atoms with Crippen LogP contribution in [0.1, 0.15) is 18.2 Å². The molecule has 0 saturated heterocycles. The van der Waals surface area contributed by atoms with Crippen molar-refractivity contribution < 1.29 is 0 Å². The van der Waals surface area contributed by atoms with Gasteiger partial charge in [0.15, 0.2) is 5.96 Å². The van der Waals surface area contributed by atoms with Crippen LogP contribution < -0.4 is 11.1 Å². The molecular formula is C15H22IN5. The second-order valence-corrected chi connectivity index (χ2v) is 4.64. The van der Waals surface area contributed by atoms with E-state index in [1.54, 1.807) is 6.20 Å². The highest BCUT2D eigenvalue weighted by atomic mass is 127. The molecule has 0 aliphatic carbocycles. The van der Waals surface area contributed by atoms with Gasteiger partial charge in [0.25, 0.3) is 0 Å². The van der Waals surface area contributed by atoms with E-state index in [2.05, 4.69) is 34.5 Å². The number of aliphatic imine (C=N–C) groups is 1. The summed E-state index contributed by atoms with van der Waals surface area (Å²) in [6.07, 6.45) is 3.62. The molecule has 3 N–H and O–H groups in total. The van der Waals surface area contributed by atoms with Crippen LogP contribution in [0.4, 0.5) is 5.69 Å². The summed E-state index contributed by atoms with van der Waals surface area (Å²) < 4.78 is 1.85. The number of benzene rings is 1. The highest BCUT2D eigenvalue weighted by Crippen LogP contribution is 2.10. The summed E-state index contributed by atoms with van der Waals surface area (Å²) in [5, 5.41) is 7.24. The van der Waals surface area contributed by atoms with E-state index in [9.17, 15) is 0 Å². The fourth-order valence-electron chi connectivity index (χ4n) is 1.99. The first kappa shape index (κ1) is 17.5. The SMILES string of the molecule is CCc1cccc(NC(N)=NCCc2ccnn2C)c1.I. The molecule has 21 heavy (non-hydrogen) atoms. The Kier molecular flexibility index (Phi) is 7.21. The van der Waals surface area contributed by atoms with Crippen molar-refractivity contribution in [3.8, 4) is 0 Å². The summed E-state index contributed by atoms with van der Waals surface area (Å²) in [5.41, 5.74) is 9.29. The number of nitrogens with two attached hydrogens (primary N) is 1. The monoisotopic (exact) mass is 399 g/mol. The molecule has 0 aliphatic rings. The van der Waals surface area contributed by atoms with Gasteiger partial charge >= 0.3 is 0 Å². The lowest BCUT2D eigenvalue weighted by atomic mass is 10.1. The van der Waals surface area contributed by atoms with Crippen molar-refractivity contribution in [2.24, 2.45) is 17.8 Å². The van der Waals surface area contributed by atoms with Crippen LogP contribution in [0.3, 0.4) is 0 Å². The zero-order chi connectivity index (χ0) is 14.4. The molecule has 0 saturated carbocycles. The number of guanidine groups is 1. The normalized spacial score (nSPS) is 11.0. The molecule has 0 bridgehead atoms. The van der Waals surface area contributed by atoms with E-state index in [0.29, 0.717) is 12.5 Å². The van der Waals surface area contributed by atoms with E-state index < -0.39 is 0 Å². The van der Waals surface area contributed by atoms with Gasteiger partial charge in [0.1, 0.15) is 0 Å². The third kappa shape index (κ3) is 5.37. The smallest absolute Gasteiger partial charge is 0.193 e. The molecule has 0 atom stereocenters. The highest BCUT2D eigenvalue weighted by Gasteiger charge is 1.99. The maximum absolute atomic E-state index is 5.89. The zero-order valence-corrected chi connectivity index (χ0v) is 14.7. The van der Waals surface area contributed by atoms with Gasteiger partial charge in [-0.05, 0) is 30.2 Å². The second kappa shape index (κ2) is 8.66. The Morgan fingerprint density at radius 1 is 1.38 bits per heavy atom. The van der Waals surface area contributed by atoms with E-state index in [-0.39, 0.29) is 24.0 Å². The molecule has 0 fully saturated rings. The minimum absolute atomic E-state index is 0. The van der Waals surface area contributed by atoms with E-state index in [1.165, 1.54) is 5.56 Å². The first-order chi connectivity index (χ1) is 9.69. The molecule has 1 aromatic carbocycles. The summed E-state index contributed by atoms with van der Waals surface area (Å²) in [6.45, 7) is 2.77. The molecule has 5 nitrogen and oxygen atoms in total. The van der Waals surface area contributed by atoms with Crippen molar-refractivity contribution in [3.63, 3.8) is 0 Å². The van der Waals surface area contributed by atoms with Crippen molar-refractivity contribution in [1.82, 2.24) is 9.78 Å². The van der Waals surface area contributed by atoms with Crippen molar-refractivity contribution >= 4 is 35.6 Å². The average Bonchev–Trinajstić information content (AvgIpc) is 2.85. The minimum Gasteiger partial charge on any atom is -0.370 e. The van der Waals surface area contributed by atoms with E-state index in [4.69, 9.17) is 5.73 Å². The molecule has 0 aliphatic heterocycles. The van der Waals surface area contributed by atoms with Gasteiger partial charge < -0.3 is 11.1 Å². The first-order valence-corrected chi connectivity index (χ1v) is 6.82. The van der Waals surface area contributed by atoms with Crippen LogP contribution in [0.25, 0.3) is 0 Å². The quantitative estimate of drug-likeness (QED) is 0.462. The number of nitrogens with zero attached hydrogens (tertiary/aromatic N) is 3. The number of halogens is 1. The molecule has 2 rings (SSSR count). The third-order valence-electron chi connectivity index (χ3n) is 3.18. The van der Waals surface area contributed by atoms with Crippen LogP contribution in [0, 0.1) is 0 Å². The van der Waals surface area contributed by atoms with Gasteiger partial charge in [-0.15, -0.1) is 24.0 Å². The van der Waals surface area contributed by atoms with Gasteiger partial charge in [0, 0.05) is 37.6 Å². The van der Waals surface area contributed by atoms with Crippen LogP contribution in [-0.4, -0.2) is 22.3 Å². The number of nitrogens with one attached hydrogen (secondary N) is 1. The van der Waals surface area contributed by atoms with Gasteiger partial charge in [-0.3, -0.25) is 9.67 Å². The molecule has 0 radical (unpaired) electrons.